The molecule has 3 nitrogen and oxygen atoms in total. The van der Waals surface area contributed by atoms with Crippen molar-refractivity contribution in [2.45, 2.75) is 44.7 Å². The molecule has 2 rings (SSSR count). The minimum atomic E-state index is -0.0575. The topological polar surface area (TPSA) is 23.6 Å². The standard InChI is InChI=1S/C17H26N2O/c1-14-9-7-8-12-19(14)17(20)16(18(2)3)13-15-10-5-4-6-11-15/h4-6,10-11,14,16H,7-9,12-13H2,1-3H3/t14-,16+/m0/s1. The van der Waals surface area contributed by atoms with Crippen molar-refractivity contribution in [1.29, 1.82) is 0 Å². The number of benzene rings is 1. The molecular formula is C17H26N2O. The molecule has 1 aromatic carbocycles. The lowest BCUT2D eigenvalue weighted by molar-refractivity contribution is -0.139. The second-order valence-electron chi connectivity index (χ2n) is 6.05. The normalized spacial score (nSPS) is 21.0. The van der Waals surface area contributed by atoms with E-state index in [0.717, 1.165) is 25.8 Å². The van der Waals surface area contributed by atoms with Crippen molar-refractivity contribution in [2.75, 3.05) is 20.6 Å². The number of amides is 1. The molecule has 0 aliphatic carbocycles. The van der Waals surface area contributed by atoms with Gasteiger partial charge in [0.15, 0.2) is 0 Å². The largest absolute Gasteiger partial charge is 0.339 e. The molecule has 1 heterocycles. The third-order valence-electron chi connectivity index (χ3n) is 4.27. The van der Waals surface area contributed by atoms with E-state index in [2.05, 4.69) is 28.9 Å². The number of carbonyl (C=O) groups excluding carboxylic acids is 1. The Labute approximate surface area is 122 Å². The Bertz CT molecular complexity index is 430. The van der Waals surface area contributed by atoms with Crippen molar-refractivity contribution in [2.24, 2.45) is 0 Å². The first-order valence-electron chi connectivity index (χ1n) is 7.60. The second kappa shape index (κ2) is 6.89. The van der Waals surface area contributed by atoms with Gasteiger partial charge in [0, 0.05) is 12.6 Å². The molecule has 3 heteroatoms. The van der Waals surface area contributed by atoms with Gasteiger partial charge in [0.25, 0.3) is 0 Å². The van der Waals surface area contributed by atoms with Crippen molar-refractivity contribution in [3.63, 3.8) is 0 Å². The molecule has 0 saturated carbocycles. The first kappa shape index (κ1) is 15.0. The van der Waals surface area contributed by atoms with Gasteiger partial charge < -0.3 is 4.90 Å². The van der Waals surface area contributed by atoms with Crippen molar-refractivity contribution in [3.05, 3.63) is 35.9 Å². The number of hydrogen-bond donors (Lipinski definition) is 0. The van der Waals surface area contributed by atoms with E-state index in [-0.39, 0.29) is 11.9 Å². The molecule has 1 aromatic rings. The van der Waals surface area contributed by atoms with Crippen LogP contribution in [-0.4, -0.2) is 48.4 Å². The van der Waals surface area contributed by atoms with Crippen molar-refractivity contribution >= 4 is 5.91 Å². The van der Waals surface area contributed by atoms with E-state index in [1.807, 2.05) is 32.3 Å². The van der Waals surface area contributed by atoms with Gasteiger partial charge in [0.1, 0.15) is 0 Å². The molecule has 0 spiro atoms. The summed E-state index contributed by atoms with van der Waals surface area (Å²) in [6.07, 6.45) is 4.31. The predicted octanol–water partition coefficient (Wildman–Crippen LogP) is 2.56. The molecule has 20 heavy (non-hydrogen) atoms. The minimum absolute atomic E-state index is 0.0575. The SMILES string of the molecule is C[C@H]1CCCCN1C(=O)[C@@H](Cc1ccccc1)N(C)C. The van der Waals surface area contributed by atoms with Gasteiger partial charge in [-0.25, -0.2) is 0 Å². The molecule has 0 unspecified atom stereocenters. The fraction of sp³-hybridized carbons (Fsp3) is 0.588. The van der Waals surface area contributed by atoms with Gasteiger partial charge in [-0.3, -0.25) is 9.69 Å². The first-order chi connectivity index (χ1) is 9.59. The van der Waals surface area contributed by atoms with E-state index in [9.17, 15) is 4.79 Å². The number of rotatable bonds is 4. The Hall–Kier alpha value is -1.35. The smallest absolute Gasteiger partial charge is 0.240 e. The fourth-order valence-corrected chi connectivity index (χ4v) is 2.95. The Morgan fingerprint density at radius 3 is 2.60 bits per heavy atom. The molecule has 1 amide bonds. The summed E-state index contributed by atoms with van der Waals surface area (Å²) in [6.45, 7) is 3.09. The van der Waals surface area contributed by atoms with Crippen molar-refractivity contribution < 1.29 is 4.79 Å². The van der Waals surface area contributed by atoms with E-state index in [1.54, 1.807) is 0 Å². The Kier molecular flexibility index (Phi) is 5.18. The predicted molar refractivity (Wildman–Crippen MR) is 82.6 cm³/mol. The number of piperidine rings is 1. The molecule has 1 fully saturated rings. The summed E-state index contributed by atoms with van der Waals surface area (Å²) in [4.78, 5) is 17.0. The molecule has 110 valence electrons. The number of hydrogen-bond acceptors (Lipinski definition) is 2. The molecule has 0 N–H and O–H groups in total. The number of likely N-dealkylation sites (tertiary alicyclic amines) is 1. The number of likely N-dealkylation sites (N-methyl/N-ethyl adjacent to an activating group) is 1. The van der Waals surface area contributed by atoms with Gasteiger partial charge >= 0.3 is 0 Å². The zero-order valence-electron chi connectivity index (χ0n) is 12.9. The lowest BCUT2D eigenvalue weighted by Crippen LogP contribution is -2.51. The van der Waals surface area contributed by atoms with Crippen LogP contribution in [0.15, 0.2) is 30.3 Å². The third kappa shape index (κ3) is 3.60. The summed E-state index contributed by atoms with van der Waals surface area (Å²) >= 11 is 0. The highest BCUT2D eigenvalue weighted by Gasteiger charge is 2.30. The highest BCUT2D eigenvalue weighted by Crippen LogP contribution is 2.19. The van der Waals surface area contributed by atoms with E-state index in [4.69, 9.17) is 0 Å². The summed E-state index contributed by atoms with van der Waals surface area (Å²) in [5.74, 6) is 0.283. The third-order valence-corrected chi connectivity index (χ3v) is 4.27. The quantitative estimate of drug-likeness (QED) is 0.842. The van der Waals surface area contributed by atoms with Crippen LogP contribution in [0.1, 0.15) is 31.7 Å². The average molecular weight is 274 g/mol. The van der Waals surface area contributed by atoms with Gasteiger partial charge in [-0.15, -0.1) is 0 Å². The molecule has 1 aliphatic rings. The molecule has 0 radical (unpaired) electrons. The summed E-state index contributed by atoms with van der Waals surface area (Å²) in [5.41, 5.74) is 1.23. The fourth-order valence-electron chi connectivity index (χ4n) is 2.95. The molecule has 0 aromatic heterocycles. The van der Waals surface area contributed by atoms with Crippen LogP contribution in [-0.2, 0) is 11.2 Å². The Morgan fingerprint density at radius 1 is 1.30 bits per heavy atom. The van der Waals surface area contributed by atoms with Crippen LogP contribution in [0.2, 0.25) is 0 Å². The number of carbonyl (C=O) groups is 1. The maximum absolute atomic E-state index is 12.8. The van der Waals surface area contributed by atoms with Crippen LogP contribution in [0.25, 0.3) is 0 Å². The van der Waals surface area contributed by atoms with Gasteiger partial charge in [0.05, 0.1) is 6.04 Å². The number of nitrogens with zero attached hydrogens (tertiary/aromatic N) is 2. The van der Waals surface area contributed by atoms with Gasteiger partial charge in [-0.2, -0.15) is 0 Å². The zero-order valence-corrected chi connectivity index (χ0v) is 12.9. The highest BCUT2D eigenvalue weighted by atomic mass is 16.2. The minimum Gasteiger partial charge on any atom is -0.339 e. The molecule has 1 aliphatic heterocycles. The zero-order chi connectivity index (χ0) is 14.5. The highest BCUT2D eigenvalue weighted by molar-refractivity contribution is 5.82. The first-order valence-corrected chi connectivity index (χ1v) is 7.60. The molecule has 1 saturated heterocycles. The monoisotopic (exact) mass is 274 g/mol. The maximum atomic E-state index is 12.8. The van der Waals surface area contributed by atoms with Crippen LogP contribution < -0.4 is 0 Å². The molecule has 0 bridgehead atoms. The van der Waals surface area contributed by atoms with Crippen molar-refractivity contribution in [3.8, 4) is 0 Å². The van der Waals surface area contributed by atoms with Crippen LogP contribution in [0, 0.1) is 0 Å². The Balaban J connectivity index is 2.09. The van der Waals surface area contributed by atoms with E-state index in [0.29, 0.717) is 6.04 Å². The lowest BCUT2D eigenvalue weighted by Gasteiger charge is -2.37. The summed E-state index contributed by atoms with van der Waals surface area (Å²) in [7, 11) is 4.00. The van der Waals surface area contributed by atoms with Crippen LogP contribution in [0.4, 0.5) is 0 Å². The lowest BCUT2D eigenvalue weighted by atomic mass is 9.99. The Morgan fingerprint density at radius 2 is 2.00 bits per heavy atom. The van der Waals surface area contributed by atoms with Crippen LogP contribution in [0.3, 0.4) is 0 Å². The van der Waals surface area contributed by atoms with Crippen LogP contribution >= 0.6 is 0 Å². The van der Waals surface area contributed by atoms with Gasteiger partial charge in [0.2, 0.25) is 5.91 Å². The van der Waals surface area contributed by atoms with E-state index >= 15 is 0 Å². The maximum Gasteiger partial charge on any atom is 0.240 e. The van der Waals surface area contributed by atoms with E-state index < -0.39 is 0 Å². The van der Waals surface area contributed by atoms with Crippen molar-refractivity contribution in [1.82, 2.24) is 9.80 Å². The van der Waals surface area contributed by atoms with E-state index in [1.165, 1.54) is 12.0 Å². The summed E-state index contributed by atoms with van der Waals surface area (Å²) in [6, 6.07) is 10.6. The second-order valence-corrected chi connectivity index (χ2v) is 6.05. The molecular weight excluding hydrogens is 248 g/mol. The molecule has 2 atom stereocenters. The van der Waals surface area contributed by atoms with Gasteiger partial charge in [-0.05, 0) is 52.3 Å². The summed E-state index contributed by atoms with van der Waals surface area (Å²) in [5, 5.41) is 0. The summed E-state index contributed by atoms with van der Waals surface area (Å²) < 4.78 is 0. The van der Waals surface area contributed by atoms with Crippen LogP contribution in [0.5, 0.6) is 0 Å². The van der Waals surface area contributed by atoms with Gasteiger partial charge in [-0.1, -0.05) is 30.3 Å². The average Bonchev–Trinajstić information content (AvgIpc) is 2.45.